The van der Waals surface area contributed by atoms with Crippen LogP contribution in [0.25, 0.3) is 0 Å². The second kappa shape index (κ2) is 5.52. The van der Waals surface area contributed by atoms with E-state index in [0.29, 0.717) is 19.8 Å². The summed E-state index contributed by atoms with van der Waals surface area (Å²) in [6, 6.07) is 3.82. The van der Waals surface area contributed by atoms with Gasteiger partial charge in [0.15, 0.2) is 11.5 Å². The zero-order valence-corrected chi connectivity index (χ0v) is 10.6. The number of halogens is 1. The molecule has 0 bridgehead atoms. The van der Waals surface area contributed by atoms with Crippen molar-refractivity contribution in [2.24, 2.45) is 0 Å². The number of ether oxygens (including phenoxy) is 4. The Morgan fingerprint density at radius 3 is 2.94 bits per heavy atom. The predicted molar refractivity (Wildman–Crippen MR) is 61.8 cm³/mol. The summed E-state index contributed by atoms with van der Waals surface area (Å²) in [5, 5.41) is 0. The number of methoxy groups -OCH3 is 1. The molecule has 88 valence electrons. The third kappa shape index (κ3) is 2.48. The first-order valence-corrected chi connectivity index (χ1v) is 5.76. The molecule has 4 nitrogen and oxygen atoms in total. The molecule has 2 rings (SSSR count). The summed E-state index contributed by atoms with van der Waals surface area (Å²) in [6.07, 6.45) is 0. The molecule has 1 aromatic carbocycles. The number of hydrogen-bond acceptors (Lipinski definition) is 4. The van der Waals surface area contributed by atoms with Gasteiger partial charge in [-0.2, -0.15) is 0 Å². The fourth-order valence-corrected chi connectivity index (χ4v) is 1.94. The maximum absolute atomic E-state index is 5.59. The summed E-state index contributed by atoms with van der Waals surface area (Å²) in [5.74, 6) is 1.53. The van der Waals surface area contributed by atoms with E-state index in [1.807, 2.05) is 12.1 Å². The van der Waals surface area contributed by atoms with E-state index < -0.39 is 0 Å². The van der Waals surface area contributed by atoms with Crippen LogP contribution in [0.2, 0.25) is 0 Å². The van der Waals surface area contributed by atoms with Gasteiger partial charge < -0.3 is 18.9 Å². The minimum atomic E-state index is 0.261. The van der Waals surface area contributed by atoms with Crippen LogP contribution in [0, 0.1) is 0 Å². The molecule has 1 aromatic rings. The molecule has 0 atom stereocenters. The monoisotopic (exact) mass is 288 g/mol. The van der Waals surface area contributed by atoms with Crippen LogP contribution in [0.3, 0.4) is 0 Å². The maximum atomic E-state index is 5.59. The zero-order valence-electron chi connectivity index (χ0n) is 8.99. The van der Waals surface area contributed by atoms with Crippen LogP contribution in [0.5, 0.6) is 11.5 Å². The van der Waals surface area contributed by atoms with Crippen molar-refractivity contribution >= 4 is 15.9 Å². The third-order valence-electron chi connectivity index (χ3n) is 2.20. The van der Waals surface area contributed by atoms with Crippen molar-refractivity contribution in [3.63, 3.8) is 0 Å². The van der Waals surface area contributed by atoms with E-state index in [2.05, 4.69) is 15.9 Å². The first-order chi connectivity index (χ1) is 7.83. The fourth-order valence-electron chi connectivity index (χ4n) is 1.51. The Bertz CT molecular complexity index is 367. The van der Waals surface area contributed by atoms with Gasteiger partial charge in [-0.05, 0) is 12.1 Å². The Labute approximate surface area is 103 Å². The van der Waals surface area contributed by atoms with E-state index in [1.165, 1.54) is 0 Å². The van der Waals surface area contributed by atoms with Gasteiger partial charge in [0.05, 0.1) is 6.61 Å². The van der Waals surface area contributed by atoms with Crippen LogP contribution < -0.4 is 9.47 Å². The Hall–Kier alpha value is -0.780. The van der Waals surface area contributed by atoms with Crippen molar-refractivity contribution in [1.82, 2.24) is 0 Å². The van der Waals surface area contributed by atoms with Gasteiger partial charge >= 0.3 is 0 Å². The first kappa shape index (κ1) is 11.7. The van der Waals surface area contributed by atoms with E-state index in [4.69, 9.17) is 18.9 Å². The summed E-state index contributed by atoms with van der Waals surface area (Å²) >= 11 is 3.47. The molecular formula is C11H13BrO4. The van der Waals surface area contributed by atoms with Crippen molar-refractivity contribution in [1.29, 1.82) is 0 Å². The predicted octanol–water partition coefficient (Wildman–Crippen LogP) is 2.34. The molecule has 0 radical (unpaired) electrons. The average molecular weight is 289 g/mol. The van der Waals surface area contributed by atoms with Gasteiger partial charge in [-0.1, -0.05) is 15.9 Å². The van der Waals surface area contributed by atoms with Crippen molar-refractivity contribution in [3.8, 4) is 11.5 Å². The topological polar surface area (TPSA) is 36.9 Å². The summed E-state index contributed by atoms with van der Waals surface area (Å²) in [7, 11) is 1.59. The molecule has 5 heteroatoms. The summed E-state index contributed by atoms with van der Waals surface area (Å²) in [6.45, 7) is 1.85. The summed E-state index contributed by atoms with van der Waals surface area (Å²) < 4.78 is 22.2. The SMILES string of the molecule is COCOCc1c(Br)ccc2c1OCCO2. The summed E-state index contributed by atoms with van der Waals surface area (Å²) in [4.78, 5) is 0. The third-order valence-corrected chi connectivity index (χ3v) is 2.95. The van der Waals surface area contributed by atoms with Gasteiger partial charge in [-0.3, -0.25) is 0 Å². The number of rotatable bonds is 4. The van der Waals surface area contributed by atoms with Crippen molar-refractivity contribution < 1.29 is 18.9 Å². The lowest BCUT2D eigenvalue weighted by atomic mass is 10.2. The van der Waals surface area contributed by atoms with Gasteiger partial charge in [-0.15, -0.1) is 0 Å². The quantitative estimate of drug-likeness (QED) is 0.630. The number of fused-ring (bicyclic) bond motifs is 1. The molecule has 0 aromatic heterocycles. The standard InChI is InChI=1S/C11H13BrO4/c1-13-7-14-6-8-9(12)2-3-10-11(8)16-5-4-15-10/h2-3H,4-7H2,1H3. The van der Waals surface area contributed by atoms with Gasteiger partial charge in [0.1, 0.15) is 20.0 Å². The molecule has 0 N–H and O–H groups in total. The molecule has 0 aliphatic carbocycles. The molecule has 0 spiro atoms. The Morgan fingerprint density at radius 1 is 1.31 bits per heavy atom. The smallest absolute Gasteiger partial charge is 0.168 e. The van der Waals surface area contributed by atoms with Crippen LogP contribution in [0.15, 0.2) is 16.6 Å². The lowest BCUT2D eigenvalue weighted by molar-refractivity contribution is -0.0400. The highest BCUT2D eigenvalue weighted by Crippen LogP contribution is 2.38. The van der Waals surface area contributed by atoms with Gasteiger partial charge in [-0.25, -0.2) is 0 Å². The molecular weight excluding hydrogens is 276 g/mol. The Kier molecular flexibility index (Phi) is 4.04. The lowest BCUT2D eigenvalue weighted by Crippen LogP contribution is -2.17. The van der Waals surface area contributed by atoms with Crippen LogP contribution >= 0.6 is 15.9 Å². The first-order valence-electron chi connectivity index (χ1n) is 4.96. The minimum absolute atomic E-state index is 0.261. The Morgan fingerprint density at radius 2 is 2.12 bits per heavy atom. The highest BCUT2D eigenvalue weighted by molar-refractivity contribution is 9.10. The van der Waals surface area contributed by atoms with E-state index in [1.54, 1.807) is 7.11 Å². The molecule has 1 aliphatic heterocycles. The molecule has 0 saturated heterocycles. The van der Waals surface area contributed by atoms with Crippen LogP contribution in [-0.2, 0) is 16.1 Å². The summed E-state index contributed by atoms with van der Waals surface area (Å²) in [5.41, 5.74) is 0.953. The van der Waals surface area contributed by atoms with Crippen molar-refractivity contribution in [3.05, 3.63) is 22.2 Å². The highest BCUT2D eigenvalue weighted by Gasteiger charge is 2.18. The fraction of sp³-hybridized carbons (Fsp3) is 0.455. The minimum Gasteiger partial charge on any atom is -0.486 e. The van der Waals surface area contributed by atoms with Crippen LogP contribution in [-0.4, -0.2) is 27.1 Å². The van der Waals surface area contributed by atoms with Gasteiger partial charge in [0.25, 0.3) is 0 Å². The van der Waals surface area contributed by atoms with Crippen molar-refractivity contribution in [2.75, 3.05) is 27.1 Å². The lowest BCUT2D eigenvalue weighted by Gasteiger charge is -2.21. The van der Waals surface area contributed by atoms with E-state index in [9.17, 15) is 0 Å². The van der Waals surface area contributed by atoms with Crippen molar-refractivity contribution in [2.45, 2.75) is 6.61 Å². The molecule has 1 aliphatic rings. The average Bonchev–Trinajstić information content (AvgIpc) is 2.32. The number of hydrogen-bond donors (Lipinski definition) is 0. The molecule has 0 fully saturated rings. The van der Waals surface area contributed by atoms with Crippen LogP contribution in [0.4, 0.5) is 0 Å². The Balaban J connectivity index is 2.20. The van der Waals surface area contributed by atoms with Gasteiger partial charge in [0.2, 0.25) is 0 Å². The molecule has 1 heterocycles. The molecule has 16 heavy (non-hydrogen) atoms. The van der Waals surface area contributed by atoms with Crippen LogP contribution in [0.1, 0.15) is 5.56 Å². The normalized spacial score (nSPS) is 13.9. The van der Waals surface area contributed by atoms with E-state index >= 15 is 0 Å². The molecule has 0 unspecified atom stereocenters. The van der Waals surface area contributed by atoms with E-state index in [-0.39, 0.29) is 6.79 Å². The number of benzene rings is 1. The van der Waals surface area contributed by atoms with E-state index in [0.717, 1.165) is 21.5 Å². The second-order valence-electron chi connectivity index (χ2n) is 3.31. The largest absolute Gasteiger partial charge is 0.486 e. The van der Waals surface area contributed by atoms with Gasteiger partial charge in [0, 0.05) is 17.1 Å². The molecule has 0 amide bonds. The maximum Gasteiger partial charge on any atom is 0.168 e. The zero-order chi connectivity index (χ0) is 11.4. The molecule has 0 saturated carbocycles. The highest BCUT2D eigenvalue weighted by atomic mass is 79.9. The second-order valence-corrected chi connectivity index (χ2v) is 4.16.